The van der Waals surface area contributed by atoms with Crippen LogP contribution in [0, 0.1) is 15.4 Å². The predicted octanol–water partition coefficient (Wildman–Crippen LogP) is 5.47. The molecule has 0 aliphatic rings. The molecule has 0 amide bonds. The summed E-state index contributed by atoms with van der Waals surface area (Å²) in [6.07, 6.45) is 7.88. The Kier molecular flexibility index (Phi) is 8.73. The van der Waals surface area contributed by atoms with Crippen LogP contribution in [0.5, 0.6) is 0 Å². The largest absolute Gasteiger partial charge is 0.285 e. The summed E-state index contributed by atoms with van der Waals surface area (Å²) in [6.45, 7) is 7.13. The molecule has 1 rings (SSSR count). The molecule has 1 nitrogen and oxygen atoms in total. The highest BCUT2D eigenvalue weighted by molar-refractivity contribution is 14.1. The topological polar surface area (TPSA) is 17.1 Å². The molecule has 0 aliphatic carbocycles. The summed E-state index contributed by atoms with van der Waals surface area (Å²) in [5.41, 5.74) is 1.07. The van der Waals surface area contributed by atoms with Gasteiger partial charge in [-0.3, -0.25) is 4.79 Å². The number of carbonyl (C=O) groups excluding carboxylic acids is 1. The lowest BCUT2D eigenvalue weighted by atomic mass is 10.1. The molecule has 3 heteroatoms. The highest BCUT2D eigenvalue weighted by Gasteiger charge is 2.08. The minimum Gasteiger partial charge on any atom is -0.285 e. The molecule has 1 aromatic rings. The zero-order valence-electron chi connectivity index (χ0n) is 13.8. The van der Waals surface area contributed by atoms with Gasteiger partial charge in [-0.1, -0.05) is 55.9 Å². The van der Waals surface area contributed by atoms with Gasteiger partial charge in [0.2, 0.25) is 5.78 Å². The van der Waals surface area contributed by atoms with Crippen LogP contribution in [0.15, 0.2) is 36.4 Å². The first kappa shape index (κ1) is 19.2. The molecule has 0 bridgehead atoms. The third-order valence-electron chi connectivity index (χ3n) is 3.11. The monoisotopic (exact) mass is 424 g/mol. The fourth-order valence-electron chi connectivity index (χ4n) is 1.88. The molecule has 0 spiro atoms. The molecule has 0 aromatic heterocycles. The average Bonchev–Trinajstić information content (AvgIpc) is 2.43. The molecule has 0 saturated carbocycles. The lowest BCUT2D eigenvalue weighted by molar-refractivity contribution is -0.113. The Morgan fingerprint density at radius 1 is 1.23 bits per heavy atom. The van der Waals surface area contributed by atoms with Crippen molar-refractivity contribution >= 4 is 36.4 Å². The number of carbonyl (C=O) groups is 1. The molecule has 0 unspecified atom stereocenters. The van der Waals surface area contributed by atoms with Crippen LogP contribution in [0.1, 0.15) is 24.8 Å². The van der Waals surface area contributed by atoms with Gasteiger partial charge in [0.05, 0.1) is 0 Å². The molecule has 0 aliphatic heterocycles. The van der Waals surface area contributed by atoms with E-state index in [-0.39, 0.29) is 5.78 Å². The van der Waals surface area contributed by atoms with Gasteiger partial charge in [0.25, 0.3) is 0 Å². The molecule has 0 radical (unpaired) electrons. The number of ketones is 1. The van der Waals surface area contributed by atoms with E-state index in [2.05, 4.69) is 66.2 Å². The Balaban J connectivity index is 2.24. The third kappa shape index (κ3) is 9.21. The number of Topliss-reactive ketones (excluding diaryl/α,β-unsaturated/α-hetero) is 1. The van der Waals surface area contributed by atoms with Crippen LogP contribution < -0.4 is 0 Å². The van der Waals surface area contributed by atoms with Crippen molar-refractivity contribution in [2.45, 2.75) is 51.4 Å². The lowest BCUT2D eigenvalue weighted by Crippen LogP contribution is -2.17. The van der Waals surface area contributed by atoms with Crippen molar-refractivity contribution in [3.63, 3.8) is 0 Å². The van der Waals surface area contributed by atoms with E-state index in [4.69, 9.17) is 0 Å². The van der Waals surface area contributed by atoms with Crippen LogP contribution in [0.2, 0.25) is 25.7 Å². The van der Waals surface area contributed by atoms with Gasteiger partial charge >= 0.3 is 0 Å². The molecule has 118 valence electrons. The van der Waals surface area contributed by atoms with Crippen molar-refractivity contribution in [2.24, 2.45) is 0 Å². The maximum Gasteiger partial charge on any atom is 0.209 e. The van der Waals surface area contributed by atoms with E-state index in [9.17, 15) is 4.79 Å². The van der Waals surface area contributed by atoms with Gasteiger partial charge in [-0.25, -0.2) is 0 Å². The summed E-state index contributed by atoms with van der Waals surface area (Å²) in [6, 6.07) is 9.20. The van der Waals surface area contributed by atoms with Crippen LogP contribution in [-0.2, 0) is 11.2 Å². The average molecular weight is 424 g/mol. The first-order valence-electron chi connectivity index (χ1n) is 7.78. The Morgan fingerprint density at radius 3 is 2.64 bits per heavy atom. The summed E-state index contributed by atoms with van der Waals surface area (Å²) in [7, 11) is -0.949. The van der Waals surface area contributed by atoms with E-state index in [1.165, 1.54) is 6.04 Å². The first-order valence-corrected chi connectivity index (χ1v) is 12.6. The summed E-state index contributed by atoms with van der Waals surface area (Å²) < 4.78 is 1.13. The van der Waals surface area contributed by atoms with Crippen molar-refractivity contribution in [3.8, 4) is 11.8 Å². The second kappa shape index (κ2) is 10.0. The van der Waals surface area contributed by atoms with Crippen LogP contribution >= 0.6 is 22.6 Å². The zero-order valence-corrected chi connectivity index (χ0v) is 16.9. The van der Waals surface area contributed by atoms with E-state index in [0.717, 1.165) is 28.4 Å². The van der Waals surface area contributed by atoms with Gasteiger partial charge in [0, 0.05) is 24.5 Å². The van der Waals surface area contributed by atoms with Gasteiger partial charge < -0.3 is 0 Å². The number of hydrogen-bond donors (Lipinski definition) is 0. The number of unbranched alkanes of at least 4 members (excludes halogenated alkanes) is 2. The van der Waals surface area contributed by atoms with Crippen LogP contribution in [0.4, 0.5) is 0 Å². The van der Waals surface area contributed by atoms with Gasteiger partial charge in [0.1, 0.15) is 0 Å². The molecule has 22 heavy (non-hydrogen) atoms. The maximum absolute atomic E-state index is 11.8. The Bertz CT molecular complexity index is 573. The normalized spacial score (nSPS) is 11.3. The Labute approximate surface area is 149 Å². The zero-order chi connectivity index (χ0) is 16.4. The maximum atomic E-state index is 11.8. The van der Waals surface area contributed by atoms with Crippen molar-refractivity contribution in [1.29, 1.82) is 0 Å². The standard InChI is InChI=1S/C19H25IOSi/c1-22(2,3)15-11-7-5-4-6-8-13-18(21)16-17-12-9-10-14-19(17)20/h7,9-12,14H,4-6,15-16H2,1-3H3/b11-7-. The highest BCUT2D eigenvalue weighted by Crippen LogP contribution is 2.12. The molecular weight excluding hydrogens is 399 g/mol. The summed E-state index contributed by atoms with van der Waals surface area (Å²) in [5.74, 6) is 5.78. The fourth-order valence-corrected chi connectivity index (χ4v) is 3.33. The minimum atomic E-state index is -0.949. The number of halogens is 1. The molecule has 1 aromatic carbocycles. The number of hydrogen-bond acceptors (Lipinski definition) is 1. The van der Waals surface area contributed by atoms with Gasteiger partial charge in [0.15, 0.2) is 0 Å². The fraction of sp³-hybridized carbons (Fsp3) is 0.421. The molecular formula is C19H25IOSi. The molecule has 0 atom stereocenters. The van der Waals surface area contributed by atoms with Crippen molar-refractivity contribution in [1.82, 2.24) is 0 Å². The van der Waals surface area contributed by atoms with Crippen molar-refractivity contribution < 1.29 is 4.79 Å². The SMILES string of the molecule is C[Si](C)(C)C/C=C\CCCC#CC(=O)Cc1ccccc1I. The van der Waals surface area contributed by atoms with Crippen LogP contribution in [-0.4, -0.2) is 13.9 Å². The first-order chi connectivity index (χ1) is 10.4. The van der Waals surface area contributed by atoms with E-state index < -0.39 is 8.07 Å². The van der Waals surface area contributed by atoms with E-state index >= 15 is 0 Å². The second-order valence-corrected chi connectivity index (χ2v) is 13.3. The highest BCUT2D eigenvalue weighted by atomic mass is 127. The predicted molar refractivity (Wildman–Crippen MR) is 107 cm³/mol. The Hall–Kier alpha value is -0.863. The van der Waals surface area contributed by atoms with Gasteiger partial charge in [-0.15, -0.1) is 0 Å². The van der Waals surface area contributed by atoms with E-state index in [0.29, 0.717) is 6.42 Å². The number of benzene rings is 1. The third-order valence-corrected chi connectivity index (χ3v) is 5.62. The molecule has 0 N–H and O–H groups in total. The van der Waals surface area contributed by atoms with Crippen LogP contribution in [0.3, 0.4) is 0 Å². The summed E-state index contributed by atoms with van der Waals surface area (Å²) >= 11 is 2.26. The molecule has 0 heterocycles. The second-order valence-electron chi connectivity index (χ2n) is 6.62. The smallest absolute Gasteiger partial charge is 0.209 e. The van der Waals surface area contributed by atoms with Gasteiger partial charge in [-0.05, 0) is 59.0 Å². The van der Waals surface area contributed by atoms with Crippen LogP contribution in [0.25, 0.3) is 0 Å². The number of allylic oxidation sites excluding steroid dienone is 2. The number of rotatable bonds is 7. The summed E-state index contributed by atoms with van der Waals surface area (Å²) in [4.78, 5) is 11.8. The quantitative estimate of drug-likeness (QED) is 0.142. The van der Waals surface area contributed by atoms with Gasteiger partial charge in [-0.2, -0.15) is 0 Å². The molecule has 0 saturated heterocycles. The van der Waals surface area contributed by atoms with E-state index in [1.807, 2.05) is 24.3 Å². The lowest BCUT2D eigenvalue weighted by Gasteiger charge is -2.11. The van der Waals surface area contributed by atoms with Crippen molar-refractivity contribution in [2.75, 3.05) is 0 Å². The summed E-state index contributed by atoms with van der Waals surface area (Å²) in [5, 5.41) is 0. The Morgan fingerprint density at radius 2 is 1.95 bits per heavy atom. The van der Waals surface area contributed by atoms with E-state index in [1.54, 1.807) is 0 Å². The molecule has 0 fully saturated rings. The minimum absolute atomic E-state index is 0.0124. The van der Waals surface area contributed by atoms with Crippen molar-refractivity contribution in [3.05, 3.63) is 45.6 Å².